The zero-order valence-electron chi connectivity index (χ0n) is 11.9. The lowest BCUT2D eigenvalue weighted by atomic mass is 10.1. The van der Waals surface area contributed by atoms with Gasteiger partial charge in [0, 0.05) is 12.0 Å². The van der Waals surface area contributed by atoms with Crippen LogP contribution in [0.2, 0.25) is 0 Å². The molecular formula is C16H19N3O. The Balaban J connectivity index is 2.40. The van der Waals surface area contributed by atoms with Crippen LogP contribution in [0.5, 0.6) is 5.75 Å². The molecule has 2 rings (SSSR count). The number of hydrogen-bond donors (Lipinski definition) is 1. The van der Waals surface area contributed by atoms with Crippen LogP contribution in [0.3, 0.4) is 0 Å². The first-order valence-corrected chi connectivity index (χ1v) is 6.72. The molecule has 20 heavy (non-hydrogen) atoms. The van der Waals surface area contributed by atoms with E-state index in [1.165, 1.54) is 0 Å². The fourth-order valence-corrected chi connectivity index (χ4v) is 2.14. The van der Waals surface area contributed by atoms with Gasteiger partial charge in [0.15, 0.2) is 0 Å². The van der Waals surface area contributed by atoms with Crippen molar-refractivity contribution >= 4 is 5.82 Å². The lowest BCUT2D eigenvalue weighted by molar-refractivity contribution is 0.340. The fourth-order valence-electron chi connectivity index (χ4n) is 2.14. The Morgan fingerprint density at radius 2 is 2.00 bits per heavy atom. The standard InChI is InChI=1S/C16H19N3O/c1-4-11-19-14(5-2)18-15(16(19)17)12-7-9-13(10-8-12)20-6-3/h1,7-10H,5-6,11,17H2,2-3H3. The van der Waals surface area contributed by atoms with Gasteiger partial charge in [0.05, 0.1) is 13.2 Å². The number of terminal acetylenes is 1. The molecule has 0 saturated heterocycles. The van der Waals surface area contributed by atoms with Gasteiger partial charge < -0.3 is 15.0 Å². The number of aryl methyl sites for hydroxylation is 1. The highest BCUT2D eigenvalue weighted by atomic mass is 16.5. The van der Waals surface area contributed by atoms with Crippen molar-refractivity contribution in [1.82, 2.24) is 9.55 Å². The summed E-state index contributed by atoms with van der Waals surface area (Å²) >= 11 is 0. The van der Waals surface area contributed by atoms with E-state index < -0.39 is 0 Å². The molecule has 2 N–H and O–H groups in total. The van der Waals surface area contributed by atoms with Gasteiger partial charge in [-0.2, -0.15) is 0 Å². The van der Waals surface area contributed by atoms with E-state index in [1.54, 1.807) is 0 Å². The predicted molar refractivity (Wildman–Crippen MR) is 81.5 cm³/mol. The molecule has 0 aliphatic rings. The van der Waals surface area contributed by atoms with Gasteiger partial charge in [-0.15, -0.1) is 6.42 Å². The van der Waals surface area contributed by atoms with Gasteiger partial charge in [-0.3, -0.25) is 0 Å². The first-order chi connectivity index (χ1) is 9.71. The van der Waals surface area contributed by atoms with Crippen molar-refractivity contribution in [2.75, 3.05) is 12.3 Å². The number of benzene rings is 1. The molecule has 1 heterocycles. The van der Waals surface area contributed by atoms with E-state index in [0.717, 1.165) is 29.3 Å². The zero-order chi connectivity index (χ0) is 14.5. The molecule has 0 atom stereocenters. The molecule has 1 aromatic carbocycles. The predicted octanol–water partition coefficient (Wildman–Crippen LogP) is 2.73. The number of ether oxygens (including phenoxy) is 1. The van der Waals surface area contributed by atoms with E-state index >= 15 is 0 Å². The Morgan fingerprint density at radius 3 is 2.55 bits per heavy atom. The first-order valence-electron chi connectivity index (χ1n) is 6.72. The monoisotopic (exact) mass is 269 g/mol. The van der Waals surface area contributed by atoms with Crippen LogP contribution >= 0.6 is 0 Å². The minimum absolute atomic E-state index is 0.443. The normalized spacial score (nSPS) is 10.2. The summed E-state index contributed by atoms with van der Waals surface area (Å²) in [7, 11) is 0. The van der Waals surface area contributed by atoms with Gasteiger partial charge in [-0.1, -0.05) is 12.8 Å². The van der Waals surface area contributed by atoms with Crippen LogP contribution in [0.15, 0.2) is 24.3 Å². The van der Waals surface area contributed by atoms with E-state index in [2.05, 4.69) is 10.9 Å². The molecule has 1 aromatic heterocycles. The van der Waals surface area contributed by atoms with Gasteiger partial charge in [0.1, 0.15) is 23.1 Å². The Bertz CT molecular complexity index is 620. The number of hydrogen-bond acceptors (Lipinski definition) is 3. The minimum atomic E-state index is 0.443. The highest BCUT2D eigenvalue weighted by Crippen LogP contribution is 2.28. The molecule has 0 bridgehead atoms. The van der Waals surface area contributed by atoms with Crippen LogP contribution in [0.1, 0.15) is 19.7 Å². The molecule has 0 unspecified atom stereocenters. The van der Waals surface area contributed by atoms with E-state index in [-0.39, 0.29) is 0 Å². The maximum atomic E-state index is 6.17. The molecule has 2 aromatic rings. The van der Waals surface area contributed by atoms with E-state index in [0.29, 0.717) is 19.0 Å². The molecule has 104 valence electrons. The summed E-state index contributed by atoms with van der Waals surface area (Å²) < 4.78 is 7.31. The Hall–Kier alpha value is -2.41. The average Bonchev–Trinajstić information content (AvgIpc) is 2.78. The number of rotatable bonds is 5. The number of nitrogens with zero attached hydrogens (tertiary/aromatic N) is 2. The Kier molecular flexibility index (Phi) is 4.31. The lowest BCUT2D eigenvalue weighted by Crippen LogP contribution is -2.05. The third-order valence-electron chi connectivity index (χ3n) is 3.09. The maximum Gasteiger partial charge on any atom is 0.132 e. The molecular weight excluding hydrogens is 250 g/mol. The molecule has 0 aliphatic heterocycles. The molecule has 4 heteroatoms. The Labute approximate surface area is 119 Å². The van der Waals surface area contributed by atoms with Crippen molar-refractivity contribution in [3.05, 3.63) is 30.1 Å². The van der Waals surface area contributed by atoms with Gasteiger partial charge >= 0.3 is 0 Å². The van der Waals surface area contributed by atoms with Crippen molar-refractivity contribution in [1.29, 1.82) is 0 Å². The largest absolute Gasteiger partial charge is 0.494 e. The molecule has 0 amide bonds. The lowest BCUT2D eigenvalue weighted by Gasteiger charge is -2.05. The summed E-state index contributed by atoms with van der Waals surface area (Å²) in [5, 5.41) is 0. The van der Waals surface area contributed by atoms with Gasteiger partial charge in [0.25, 0.3) is 0 Å². The number of anilines is 1. The molecule has 0 spiro atoms. The molecule has 0 fully saturated rings. The highest BCUT2D eigenvalue weighted by Gasteiger charge is 2.14. The smallest absolute Gasteiger partial charge is 0.132 e. The summed E-state index contributed by atoms with van der Waals surface area (Å²) in [6, 6.07) is 7.76. The van der Waals surface area contributed by atoms with Crippen LogP contribution in [0.25, 0.3) is 11.3 Å². The zero-order valence-corrected chi connectivity index (χ0v) is 11.9. The quantitative estimate of drug-likeness (QED) is 0.849. The van der Waals surface area contributed by atoms with Gasteiger partial charge in [0.2, 0.25) is 0 Å². The van der Waals surface area contributed by atoms with Crippen LogP contribution in [0.4, 0.5) is 5.82 Å². The summed E-state index contributed by atoms with van der Waals surface area (Å²) in [5.74, 6) is 4.98. The Morgan fingerprint density at radius 1 is 1.30 bits per heavy atom. The molecule has 0 aliphatic carbocycles. The number of aromatic nitrogens is 2. The molecule has 4 nitrogen and oxygen atoms in total. The fraction of sp³-hybridized carbons (Fsp3) is 0.312. The molecule has 0 radical (unpaired) electrons. The average molecular weight is 269 g/mol. The van der Waals surface area contributed by atoms with Crippen molar-refractivity contribution in [2.24, 2.45) is 0 Å². The van der Waals surface area contributed by atoms with Crippen LogP contribution in [0, 0.1) is 12.3 Å². The second-order valence-electron chi connectivity index (χ2n) is 4.36. The van der Waals surface area contributed by atoms with Gasteiger partial charge in [-0.25, -0.2) is 4.98 Å². The number of nitrogen functional groups attached to an aromatic ring is 1. The summed E-state index contributed by atoms with van der Waals surface area (Å²) in [6.45, 7) is 5.09. The van der Waals surface area contributed by atoms with Crippen LogP contribution < -0.4 is 10.5 Å². The minimum Gasteiger partial charge on any atom is -0.494 e. The summed E-state index contributed by atoms with van der Waals surface area (Å²) in [4.78, 5) is 4.59. The third-order valence-corrected chi connectivity index (χ3v) is 3.09. The van der Waals surface area contributed by atoms with Crippen molar-refractivity contribution in [3.8, 4) is 29.4 Å². The van der Waals surface area contributed by atoms with Crippen molar-refractivity contribution in [3.63, 3.8) is 0 Å². The molecule has 0 saturated carbocycles. The number of imidazole rings is 1. The highest BCUT2D eigenvalue weighted by molar-refractivity contribution is 5.71. The third kappa shape index (κ3) is 2.62. The maximum absolute atomic E-state index is 6.17. The van der Waals surface area contributed by atoms with Crippen molar-refractivity contribution < 1.29 is 4.74 Å². The first kappa shape index (κ1) is 14.0. The summed E-state index contributed by atoms with van der Waals surface area (Å²) in [6.07, 6.45) is 6.18. The van der Waals surface area contributed by atoms with Gasteiger partial charge in [-0.05, 0) is 31.2 Å². The number of nitrogens with two attached hydrogens (primary N) is 1. The second-order valence-corrected chi connectivity index (χ2v) is 4.36. The van der Waals surface area contributed by atoms with E-state index in [1.807, 2.05) is 42.7 Å². The van der Waals surface area contributed by atoms with E-state index in [9.17, 15) is 0 Å². The SMILES string of the molecule is C#CCn1c(CC)nc(-c2ccc(OCC)cc2)c1N. The van der Waals surface area contributed by atoms with Crippen molar-refractivity contribution in [2.45, 2.75) is 26.8 Å². The topological polar surface area (TPSA) is 53.1 Å². The van der Waals surface area contributed by atoms with Crippen LogP contribution in [-0.2, 0) is 13.0 Å². The second kappa shape index (κ2) is 6.16. The summed E-state index contributed by atoms with van der Waals surface area (Å²) in [5.41, 5.74) is 7.92. The van der Waals surface area contributed by atoms with Crippen LogP contribution in [-0.4, -0.2) is 16.2 Å². The van der Waals surface area contributed by atoms with E-state index in [4.69, 9.17) is 16.9 Å².